The number of rotatable bonds is 4. The molecule has 3 N–H and O–H groups in total. The number of hydrogen-bond acceptors (Lipinski definition) is 6. The number of nitrogens with one attached hydrogen (secondary N) is 3. The highest BCUT2D eigenvalue weighted by atomic mass is 32.1. The third kappa shape index (κ3) is 28.5. The first-order valence-electron chi connectivity index (χ1n) is 44.5. The second-order valence-electron chi connectivity index (χ2n) is 47.8. The number of pyridine rings is 1. The lowest BCUT2D eigenvalue weighted by atomic mass is 9.77. The maximum atomic E-state index is 12.1. The van der Waals surface area contributed by atoms with E-state index in [9.17, 15) is 4.79 Å². The van der Waals surface area contributed by atoms with Crippen molar-refractivity contribution in [2.75, 3.05) is 0 Å². The van der Waals surface area contributed by atoms with Crippen LogP contribution in [-0.4, -0.2) is 44.1 Å². The summed E-state index contributed by atoms with van der Waals surface area (Å²) in [7, 11) is 0. The Morgan fingerprint density at radius 1 is 0.347 bits per heavy atom. The van der Waals surface area contributed by atoms with E-state index in [1.165, 1.54) is 123 Å². The van der Waals surface area contributed by atoms with Crippen LogP contribution in [0.3, 0.4) is 0 Å². The number of aryl methyl sites for hydroxylation is 6. The molecular formula is C104H187N11O2S+2. The van der Waals surface area contributed by atoms with Crippen LogP contribution in [0.25, 0.3) is 0 Å². The van der Waals surface area contributed by atoms with Gasteiger partial charge in [-0.05, 0) is 214 Å². The number of aromatic amines is 3. The average molecular weight is 1660 g/mol. The van der Waals surface area contributed by atoms with Crippen molar-refractivity contribution in [1.29, 1.82) is 0 Å². The van der Waals surface area contributed by atoms with Gasteiger partial charge >= 0.3 is 0 Å². The van der Waals surface area contributed by atoms with Crippen molar-refractivity contribution in [2.24, 2.45) is 0 Å². The van der Waals surface area contributed by atoms with Crippen LogP contribution in [0, 0.1) is 111 Å². The number of H-pyrrole nitrogens is 3. The second-order valence-corrected chi connectivity index (χ2v) is 48.9. The Labute approximate surface area is 731 Å². The molecule has 14 heteroatoms. The molecule has 0 bridgehead atoms. The van der Waals surface area contributed by atoms with Crippen LogP contribution in [0.4, 0.5) is 0 Å². The van der Waals surface area contributed by atoms with Gasteiger partial charge in [0.1, 0.15) is 17.4 Å². The molecule has 0 saturated carbocycles. The largest absolute Gasteiger partial charge is 0.362 e. The second kappa shape index (κ2) is 39.2. The zero-order chi connectivity index (χ0) is 94.0. The summed E-state index contributed by atoms with van der Waals surface area (Å²) in [4.78, 5) is 28.4. The van der Waals surface area contributed by atoms with Gasteiger partial charge in [0.25, 0.3) is 5.56 Å². The summed E-state index contributed by atoms with van der Waals surface area (Å²) in [6.45, 7) is 132. The van der Waals surface area contributed by atoms with Crippen LogP contribution in [0.5, 0.6) is 0 Å². The summed E-state index contributed by atoms with van der Waals surface area (Å²) >= 11 is 1.89. The van der Waals surface area contributed by atoms with Crippen LogP contribution in [0.2, 0.25) is 0 Å². The lowest BCUT2D eigenvalue weighted by Gasteiger charge is -2.29. The van der Waals surface area contributed by atoms with Gasteiger partial charge in [0, 0.05) is 164 Å². The molecule has 0 unspecified atom stereocenters. The zero-order valence-corrected chi connectivity index (χ0v) is 89.4. The molecule has 8 heterocycles. The van der Waals surface area contributed by atoms with Crippen molar-refractivity contribution in [3.8, 4) is 0 Å². The van der Waals surface area contributed by atoms with E-state index in [1.54, 1.807) is 0 Å². The summed E-state index contributed by atoms with van der Waals surface area (Å²) in [6.07, 6.45) is 0. The molecule has 8 aromatic rings. The predicted molar refractivity (Wildman–Crippen MR) is 517 cm³/mol. The standard InChI is InChI=1S/C15H25NO.2C14H25N.C13H24NO.C13H24NS.2C12H22N2.C11H20N2/c1-9-11(14(3,4)5)10(2)16-13(17)12(9)15(6,7)8;1-9-11(13(3,4)5)10(2)15-12(9)14(6,7)8;1-9-10(2)12(14(6,7)8)15-11(9)13(3,4)5;2*1-9-11(12(3,4)5)10(2)15-14(9)13(6,7)8;1-8(2)14-9(3)11(12(5,6)7)13-10(14)4;1-8(2)14-10(4)11(9(3)13-14)12(5,6)7;1-7(2)11-9(5)10(6)13(12-11)8(3)4/h1-8H3,(H,16,17);2*15H,1-8H3;2*1-8H3;2*8H,1-7H3;7-8H,1-6H3/q;;;2*+1;;;. The molecule has 0 spiro atoms. The minimum absolute atomic E-state index is 0.0122. The Kier molecular flexibility index (Phi) is 36.6. The highest BCUT2D eigenvalue weighted by Crippen LogP contribution is 2.40. The maximum Gasteiger partial charge on any atom is 0.252 e. The summed E-state index contributed by atoms with van der Waals surface area (Å²) in [5.74, 6) is 2.69. The number of hydrogen-bond donors (Lipinski definition) is 3. The fraction of sp³-hybridized carbons (Fsp3) is 0.731. The molecule has 118 heavy (non-hydrogen) atoms. The molecule has 13 nitrogen and oxygen atoms in total. The van der Waals surface area contributed by atoms with E-state index in [0.29, 0.717) is 24.0 Å². The van der Waals surface area contributed by atoms with E-state index in [1.807, 2.05) is 23.2 Å². The minimum atomic E-state index is -0.120. The molecule has 674 valence electrons. The van der Waals surface area contributed by atoms with Crippen molar-refractivity contribution in [3.63, 3.8) is 0 Å². The van der Waals surface area contributed by atoms with Crippen molar-refractivity contribution in [2.45, 2.75) is 505 Å². The molecular weight excluding hydrogens is 1470 g/mol. The fourth-order valence-corrected chi connectivity index (χ4v) is 19.7. The Morgan fingerprint density at radius 3 is 0.932 bits per heavy atom. The monoisotopic (exact) mass is 1650 g/mol. The topological polar surface area (TPSA) is 139 Å². The van der Waals surface area contributed by atoms with Crippen LogP contribution >= 0.6 is 11.5 Å². The van der Waals surface area contributed by atoms with Gasteiger partial charge in [-0.25, -0.2) is 9.51 Å². The average Bonchev–Trinajstić information content (AvgIpc) is 1.53. The van der Waals surface area contributed by atoms with Crippen molar-refractivity contribution >= 4 is 11.5 Å². The first-order valence-corrected chi connectivity index (χ1v) is 45.3. The fourth-order valence-electron chi connectivity index (χ4n) is 18.4. The van der Waals surface area contributed by atoms with Crippen molar-refractivity contribution in [1.82, 2.24) is 44.1 Å². The summed E-state index contributed by atoms with van der Waals surface area (Å²) in [5, 5.41) is 9.22. The highest BCUT2D eigenvalue weighted by Gasteiger charge is 2.39. The van der Waals surface area contributed by atoms with Crippen LogP contribution in [0.15, 0.2) is 9.32 Å². The molecule has 0 atom stereocenters. The third-order valence-electron chi connectivity index (χ3n) is 22.0. The quantitative estimate of drug-likeness (QED) is 0.151. The van der Waals surface area contributed by atoms with Gasteiger partial charge in [-0.1, -0.05) is 222 Å². The smallest absolute Gasteiger partial charge is 0.252 e. The molecule has 0 aliphatic carbocycles. The van der Waals surface area contributed by atoms with Gasteiger partial charge in [0.05, 0.1) is 27.5 Å². The van der Waals surface area contributed by atoms with Crippen LogP contribution in [-0.2, 0) is 65.2 Å². The Morgan fingerprint density at radius 2 is 0.712 bits per heavy atom. The molecule has 0 amide bonds. The van der Waals surface area contributed by atoms with Crippen LogP contribution in [0.1, 0.15) is 480 Å². The minimum Gasteiger partial charge on any atom is -0.362 e. The highest BCUT2D eigenvalue weighted by molar-refractivity contribution is 7.02. The van der Waals surface area contributed by atoms with E-state index in [0.717, 1.165) is 28.4 Å². The Hall–Kier alpha value is -6.02. The van der Waals surface area contributed by atoms with E-state index < -0.39 is 0 Å². The van der Waals surface area contributed by atoms with E-state index >= 15 is 0 Å². The van der Waals surface area contributed by atoms with E-state index in [-0.39, 0.29) is 70.8 Å². The third-order valence-corrected chi connectivity index (χ3v) is 23.5. The summed E-state index contributed by atoms with van der Waals surface area (Å²) in [5.41, 5.74) is 33.2. The summed E-state index contributed by atoms with van der Waals surface area (Å²) in [6, 6.07) is 1.41. The maximum absolute atomic E-state index is 12.1. The molecule has 0 fully saturated rings. The SMILES string of the molecule is Cc1[nH]c(=O)c(C(C)(C)C)c(C)c1C(C)(C)C.Cc1[nH]c(C(C)(C)C)c(C)c1C(C)(C)C.Cc1c(C(C)(C)C)[nH]c(C(C)(C)C)c1C.Cc1c(C(C)C)nn(C(C)C)c1C.Cc1nc(C(C)(C)C)c(C)n1C(C)C.Cc1nn(C(C)C)c(C)c1C(C)(C)C.Cc1o[n+](C(C)(C)C)c(C)c1C(C)(C)C.Cc1s[n+](C(C)(C)C)c(C)c1C(C)(C)C. The van der Waals surface area contributed by atoms with Gasteiger partial charge < -0.3 is 19.5 Å². The van der Waals surface area contributed by atoms with Gasteiger partial charge in [-0.2, -0.15) is 10.2 Å². The first kappa shape index (κ1) is 110. The zero-order valence-electron chi connectivity index (χ0n) is 88.6. The molecule has 0 aliphatic rings. The predicted octanol–water partition coefficient (Wildman–Crippen LogP) is 28.9. The van der Waals surface area contributed by atoms with Gasteiger partial charge in [0.15, 0.2) is 17.0 Å². The van der Waals surface area contributed by atoms with Crippen molar-refractivity contribution in [3.05, 3.63) is 162 Å². The summed E-state index contributed by atoms with van der Waals surface area (Å²) < 4.78 is 16.8. The van der Waals surface area contributed by atoms with Crippen molar-refractivity contribution < 1.29 is 13.2 Å². The number of nitrogens with zero attached hydrogens (tertiary/aromatic N) is 8. The number of imidazole rings is 1. The van der Waals surface area contributed by atoms with Gasteiger partial charge in [-0.3, -0.25) is 14.2 Å². The first-order chi connectivity index (χ1) is 52.1. The normalized spacial score (nSPS) is 12.9. The van der Waals surface area contributed by atoms with E-state index in [4.69, 9.17) is 4.52 Å². The Bertz CT molecular complexity index is 4370. The molecule has 0 saturated heterocycles. The van der Waals surface area contributed by atoms with Gasteiger partial charge in [0.2, 0.25) is 11.2 Å². The molecule has 0 radical (unpaired) electrons. The lowest BCUT2D eigenvalue weighted by molar-refractivity contribution is -0.911. The van der Waals surface area contributed by atoms with E-state index in [2.05, 4.69) is 457 Å². The molecule has 8 aromatic heterocycles. The lowest BCUT2D eigenvalue weighted by Crippen LogP contribution is -2.51. The molecule has 8 rings (SSSR count). The van der Waals surface area contributed by atoms with Gasteiger partial charge in [-0.15, -0.1) is 3.96 Å². The molecule has 0 aromatic carbocycles. The Balaban J connectivity index is 0.000000675. The number of aromatic nitrogens is 11. The van der Waals surface area contributed by atoms with Crippen LogP contribution < -0.4 is 14.3 Å². The molecule has 0 aliphatic heterocycles.